The monoisotopic (exact) mass is 440 g/mol. The number of thioether (sulfide) groups is 1. The first-order valence-corrected chi connectivity index (χ1v) is 10.6. The van der Waals surface area contributed by atoms with Crippen molar-refractivity contribution in [2.45, 2.75) is 13.8 Å². The number of non-ortho nitro benzene ring substituents is 1. The molecule has 1 amide bonds. The number of thiocarbonyl (C=S) groups is 1. The van der Waals surface area contributed by atoms with Crippen molar-refractivity contribution in [1.82, 2.24) is 5.01 Å². The quantitative estimate of drug-likeness (QED) is 0.205. The first-order chi connectivity index (χ1) is 14.4. The van der Waals surface area contributed by atoms with Crippen LogP contribution in [0.15, 0.2) is 58.5 Å². The summed E-state index contributed by atoms with van der Waals surface area (Å²) in [6.07, 6.45) is 3.25. The molecule has 0 N–H and O–H groups in total. The molecular formula is C21H20N4O3S2. The zero-order chi connectivity index (χ0) is 21.7. The minimum Gasteiger partial charge on any atom is -0.372 e. The second-order valence-electron chi connectivity index (χ2n) is 6.35. The molecule has 0 unspecified atom stereocenters. The lowest BCUT2D eigenvalue weighted by Crippen LogP contribution is -2.22. The summed E-state index contributed by atoms with van der Waals surface area (Å²) in [6.45, 7) is 6.08. The molecule has 1 aliphatic heterocycles. The Morgan fingerprint density at radius 3 is 2.27 bits per heavy atom. The van der Waals surface area contributed by atoms with Gasteiger partial charge in [0, 0.05) is 30.9 Å². The summed E-state index contributed by atoms with van der Waals surface area (Å²) >= 11 is 6.43. The third kappa shape index (κ3) is 4.92. The van der Waals surface area contributed by atoms with E-state index in [9.17, 15) is 14.9 Å². The van der Waals surface area contributed by atoms with Gasteiger partial charge in [0.15, 0.2) is 4.32 Å². The third-order valence-corrected chi connectivity index (χ3v) is 5.80. The van der Waals surface area contributed by atoms with Gasteiger partial charge < -0.3 is 4.90 Å². The van der Waals surface area contributed by atoms with Gasteiger partial charge in [0.25, 0.3) is 11.6 Å². The van der Waals surface area contributed by atoms with Crippen molar-refractivity contribution in [3.8, 4) is 0 Å². The van der Waals surface area contributed by atoms with Crippen LogP contribution in [0.3, 0.4) is 0 Å². The lowest BCUT2D eigenvalue weighted by molar-refractivity contribution is -0.384. The molecule has 1 aliphatic rings. The average Bonchev–Trinajstić information content (AvgIpc) is 3.01. The van der Waals surface area contributed by atoms with Crippen LogP contribution in [0.2, 0.25) is 0 Å². The zero-order valence-electron chi connectivity index (χ0n) is 16.5. The number of hydrogen-bond donors (Lipinski definition) is 0. The molecule has 0 spiro atoms. The zero-order valence-corrected chi connectivity index (χ0v) is 18.2. The Morgan fingerprint density at radius 2 is 1.70 bits per heavy atom. The maximum absolute atomic E-state index is 12.7. The van der Waals surface area contributed by atoms with E-state index in [0.717, 1.165) is 36.1 Å². The molecule has 2 aromatic rings. The number of hydrogen-bond acceptors (Lipinski definition) is 7. The smallest absolute Gasteiger partial charge is 0.286 e. The van der Waals surface area contributed by atoms with E-state index in [2.05, 4.69) is 23.8 Å². The molecule has 9 heteroatoms. The van der Waals surface area contributed by atoms with E-state index in [0.29, 0.717) is 14.8 Å². The molecule has 0 saturated carbocycles. The highest BCUT2D eigenvalue weighted by Gasteiger charge is 2.32. The van der Waals surface area contributed by atoms with Crippen LogP contribution in [0, 0.1) is 10.1 Å². The summed E-state index contributed by atoms with van der Waals surface area (Å²) < 4.78 is 0.337. The highest BCUT2D eigenvalue weighted by Crippen LogP contribution is 2.33. The van der Waals surface area contributed by atoms with Gasteiger partial charge in [-0.3, -0.25) is 14.9 Å². The van der Waals surface area contributed by atoms with Gasteiger partial charge in [-0.15, -0.1) is 0 Å². The van der Waals surface area contributed by atoms with Crippen LogP contribution in [-0.2, 0) is 4.79 Å². The molecule has 2 aromatic carbocycles. The Hall–Kier alpha value is -3.04. The summed E-state index contributed by atoms with van der Waals surface area (Å²) in [5, 5.41) is 16.2. The van der Waals surface area contributed by atoms with Crippen molar-refractivity contribution in [2.75, 3.05) is 18.0 Å². The van der Waals surface area contributed by atoms with Crippen molar-refractivity contribution < 1.29 is 9.72 Å². The maximum Gasteiger partial charge on any atom is 0.286 e. The first kappa shape index (κ1) is 21.7. The minimum absolute atomic E-state index is 0.00342. The summed E-state index contributed by atoms with van der Waals surface area (Å²) in [4.78, 5) is 25.6. The molecule has 1 saturated heterocycles. The third-order valence-electron chi connectivity index (χ3n) is 4.52. The van der Waals surface area contributed by atoms with Gasteiger partial charge >= 0.3 is 0 Å². The topological polar surface area (TPSA) is 79.0 Å². The van der Waals surface area contributed by atoms with Crippen molar-refractivity contribution in [3.63, 3.8) is 0 Å². The number of carbonyl (C=O) groups is 1. The molecule has 0 atom stereocenters. The van der Waals surface area contributed by atoms with Gasteiger partial charge in [-0.05, 0) is 67.5 Å². The van der Waals surface area contributed by atoms with Gasteiger partial charge in [0.2, 0.25) is 0 Å². The number of nitrogens with zero attached hydrogens (tertiary/aromatic N) is 4. The molecule has 0 aromatic heterocycles. The van der Waals surface area contributed by atoms with Crippen molar-refractivity contribution in [1.29, 1.82) is 0 Å². The fourth-order valence-electron chi connectivity index (χ4n) is 2.89. The SMILES string of the molecule is CCN(CC)c1ccc(/C=N/N2C(=O)/C(=C\c3ccc([N+](=O)[O-])cc3)SC2=S)cc1. The Labute approximate surface area is 184 Å². The molecular weight excluding hydrogens is 420 g/mol. The summed E-state index contributed by atoms with van der Waals surface area (Å²) in [7, 11) is 0. The van der Waals surface area contributed by atoms with E-state index >= 15 is 0 Å². The van der Waals surface area contributed by atoms with E-state index in [1.54, 1.807) is 24.4 Å². The molecule has 30 heavy (non-hydrogen) atoms. The van der Waals surface area contributed by atoms with Crippen LogP contribution >= 0.6 is 24.0 Å². The van der Waals surface area contributed by atoms with E-state index < -0.39 is 4.92 Å². The normalized spacial score (nSPS) is 15.4. The van der Waals surface area contributed by atoms with Crippen LogP contribution < -0.4 is 4.90 Å². The minimum atomic E-state index is -0.466. The molecule has 7 nitrogen and oxygen atoms in total. The number of amides is 1. The maximum atomic E-state index is 12.7. The van der Waals surface area contributed by atoms with E-state index in [1.165, 1.54) is 17.1 Å². The number of nitro benzene ring substituents is 1. The highest BCUT2D eigenvalue weighted by molar-refractivity contribution is 8.26. The van der Waals surface area contributed by atoms with Gasteiger partial charge in [-0.2, -0.15) is 10.1 Å². The first-order valence-electron chi connectivity index (χ1n) is 9.34. The van der Waals surface area contributed by atoms with E-state index in [-0.39, 0.29) is 11.6 Å². The second kappa shape index (κ2) is 9.64. The Balaban J connectivity index is 1.72. The molecule has 0 bridgehead atoms. The second-order valence-corrected chi connectivity index (χ2v) is 8.03. The predicted octanol–water partition coefficient (Wildman–Crippen LogP) is 4.68. The Bertz CT molecular complexity index is 1010. The van der Waals surface area contributed by atoms with Crippen LogP contribution in [0.5, 0.6) is 0 Å². The Morgan fingerprint density at radius 1 is 1.10 bits per heavy atom. The van der Waals surface area contributed by atoms with Crippen LogP contribution in [0.25, 0.3) is 6.08 Å². The number of rotatable bonds is 7. The van der Waals surface area contributed by atoms with Crippen LogP contribution in [0.1, 0.15) is 25.0 Å². The van der Waals surface area contributed by atoms with Gasteiger partial charge in [0.1, 0.15) is 0 Å². The summed E-state index contributed by atoms with van der Waals surface area (Å²) in [5.41, 5.74) is 2.67. The van der Waals surface area contributed by atoms with Crippen molar-refractivity contribution >= 4 is 57.9 Å². The van der Waals surface area contributed by atoms with Gasteiger partial charge in [0.05, 0.1) is 16.0 Å². The van der Waals surface area contributed by atoms with Crippen LogP contribution in [0.4, 0.5) is 11.4 Å². The summed E-state index contributed by atoms with van der Waals surface area (Å²) in [6, 6.07) is 13.9. The number of benzene rings is 2. The fraction of sp³-hybridized carbons (Fsp3) is 0.190. The van der Waals surface area contributed by atoms with Gasteiger partial charge in [-0.1, -0.05) is 23.9 Å². The lowest BCUT2D eigenvalue weighted by atomic mass is 10.2. The van der Waals surface area contributed by atoms with Crippen molar-refractivity contribution in [2.24, 2.45) is 5.10 Å². The highest BCUT2D eigenvalue weighted by atomic mass is 32.2. The average molecular weight is 441 g/mol. The molecule has 1 heterocycles. The Kier molecular flexibility index (Phi) is 6.96. The largest absolute Gasteiger partial charge is 0.372 e. The fourth-order valence-corrected chi connectivity index (χ4v) is 4.06. The predicted molar refractivity (Wildman–Crippen MR) is 126 cm³/mol. The van der Waals surface area contributed by atoms with E-state index in [1.807, 2.05) is 24.3 Å². The molecule has 0 radical (unpaired) electrons. The number of anilines is 1. The number of carbonyl (C=O) groups excluding carboxylic acids is 1. The molecule has 154 valence electrons. The standard InChI is InChI=1S/C21H20N4O3S2/c1-3-23(4-2)17-9-7-16(8-10-17)14-22-24-20(26)19(30-21(24)29)13-15-5-11-18(12-6-15)25(27)28/h5-14H,3-4H2,1-2H3/b19-13+,22-14+. The molecule has 3 rings (SSSR count). The summed E-state index contributed by atoms with van der Waals surface area (Å²) in [5.74, 6) is -0.320. The lowest BCUT2D eigenvalue weighted by Gasteiger charge is -2.20. The van der Waals surface area contributed by atoms with E-state index in [4.69, 9.17) is 12.2 Å². The van der Waals surface area contributed by atoms with Gasteiger partial charge in [-0.25, -0.2) is 0 Å². The van der Waals surface area contributed by atoms with Crippen molar-refractivity contribution in [3.05, 3.63) is 74.7 Å². The molecule has 0 aliphatic carbocycles. The molecule has 1 fully saturated rings. The number of hydrazone groups is 1. The number of nitro groups is 1. The van der Waals surface area contributed by atoms with Crippen LogP contribution in [-0.4, -0.2) is 39.5 Å².